The molecule has 0 atom stereocenters. The monoisotopic (exact) mass is 712 g/mol. The molecule has 1 aliphatic rings. The first-order chi connectivity index (χ1) is 22.3. The minimum Gasteiger partial charge on any atom is -0.463 e. The highest BCUT2D eigenvalue weighted by atomic mass is 32.2. The number of tetrazole rings is 1. The number of carbonyl (C=O) groups excluding carboxylic acids is 1. The molecular formula is C30H33F9N6O2S. The second-order valence-electron chi connectivity index (χ2n) is 11.5. The van der Waals surface area contributed by atoms with E-state index in [9.17, 15) is 44.3 Å². The number of anilines is 2. The van der Waals surface area contributed by atoms with Crippen LogP contribution in [0.2, 0.25) is 0 Å². The average Bonchev–Trinajstić information content (AvgIpc) is 3.41. The molecule has 1 heterocycles. The Morgan fingerprint density at radius 2 is 1.54 bits per heavy atom. The molecule has 0 aliphatic heterocycles. The fourth-order valence-corrected chi connectivity index (χ4v) is 6.31. The number of ether oxygens (including phenoxy) is 1. The van der Waals surface area contributed by atoms with Gasteiger partial charge in [0.05, 0.1) is 18.2 Å². The SMILES string of the molecule is CCN(CC1CCC(OC(C)=O)CC1)c1ccc(SC(F)(F)F)cc1CN(Cc1cc(C(F)(F)F)cc(C(F)(F)F)c1)c1nnn(C)n1. The largest absolute Gasteiger partial charge is 0.463 e. The molecule has 0 spiro atoms. The predicted octanol–water partition coefficient (Wildman–Crippen LogP) is 8.01. The van der Waals surface area contributed by atoms with E-state index in [0.29, 0.717) is 49.3 Å². The fraction of sp³-hybridized carbons (Fsp3) is 0.533. The van der Waals surface area contributed by atoms with Crippen LogP contribution in [-0.4, -0.2) is 50.9 Å². The van der Waals surface area contributed by atoms with Gasteiger partial charge in [0.25, 0.3) is 5.95 Å². The lowest BCUT2D eigenvalue weighted by Crippen LogP contribution is -2.34. The van der Waals surface area contributed by atoms with Crippen molar-refractivity contribution in [2.24, 2.45) is 13.0 Å². The third-order valence-electron chi connectivity index (χ3n) is 7.77. The van der Waals surface area contributed by atoms with Crippen molar-refractivity contribution < 1.29 is 49.0 Å². The summed E-state index contributed by atoms with van der Waals surface area (Å²) in [4.78, 5) is 15.5. The molecule has 8 nitrogen and oxygen atoms in total. The summed E-state index contributed by atoms with van der Waals surface area (Å²) < 4.78 is 127. The summed E-state index contributed by atoms with van der Waals surface area (Å²) >= 11 is -0.352. The Hall–Kier alpha value is -3.70. The molecule has 4 rings (SSSR count). The molecule has 3 aromatic rings. The Labute approximate surface area is 274 Å². The van der Waals surface area contributed by atoms with Crippen LogP contribution in [0.4, 0.5) is 51.1 Å². The molecule has 1 aliphatic carbocycles. The average molecular weight is 713 g/mol. The molecule has 0 bridgehead atoms. The Bertz CT molecular complexity index is 1520. The number of benzene rings is 2. The molecule has 264 valence electrons. The molecule has 0 amide bonds. The van der Waals surface area contributed by atoms with E-state index in [-0.39, 0.29) is 58.8 Å². The van der Waals surface area contributed by atoms with Crippen molar-refractivity contribution in [2.45, 2.75) is 81.5 Å². The van der Waals surface area contributed by atoms with Gasteiger partial charge in [-0.3, -0.25) is 4.79 Å². The maximum atomic E-state index is 13.6. The van der Waals surface area contributed by atoms with E-state index >= 15 is 0 Å². The Balaban J connectivity index is 1.72. The van der Waals surface area contributed by atoms with Crippen molar-refractivity contribution in [3.8, 4) is 0 Å². The summed E-state index contributed by atoms with van der Waals surface area (Å²) in [5.41, 5.74) is -7.17. The van der Waals surface area contributed by atoms with Crippen molar-refractivity contribution in [3.63, 3.8) is 0 Å². The van der Waals surface area contributed by atoms with E-state index < -0.39 is 35.5 Å². The van der Waals surface area contributed by atoms with Crippen LogP contribution >= 0.6 is 11.8 Å². The van der Waals surface area contributed by atoms with Crippen molar-refractivity contribution in [1.29, 1.82) is 0 Å². The van der Waals surface area contributed by atoms with Crippen molar-refractivity contribution in [3.05, 3.63) is 58.7 Å². The van der Waals surface area contributed by atoms with Gasteiger partial charge in [0.2, 0.25) is 0 Å². The number of nitrogens with zero attached hydrogens (tertiary/aromatic N) is 6. The molecule has 1 fully saturated rings. The quantitative estimate of drug-likeness (QED) is 0.113. The first-order valence-electron chi connectivity index (χ1n) is 14.9. The molecule has 48 heavy (non-hydrogen) atoms. The predicted molar refractivity (Wildman–Crippen MR) is 159 cm³/mol. The molecular weight excluding hydrogens is 679 g/mol. The second kappa shape index (κ2) is 14.8. The number of esters is 1. The molecule has 1 saturated carbocycles. The number of aromatic nitrogens is 4. The third-order valence-corrected chi connectivity index (χ3v) is 8.50. The first kappa shape index (κ1) is 37.1. The number of halogens is 9. The minimum absolute atomic E-state index is 0.0170. The van der Waals surface area contributed by atoms with Crippen LogP contribution < -0.4 is 9.80 Å². The molecule has 0 N–H and O–H groups in total. The van der Waals surface area contributed by atoms with Crippen LogP contribution in [0.1, 0.15) is 61.8 Å². The van der Waals surface area contributed by atoms with Crippen LogP contribution in [0.25, 0.3) is 0 Å². The van der Waals surface area contributed by atoms with Crippen LogP contribution in [0, 0.1) is 5.92 Å². The van der Waals surface area contributed by atoms with Gasteiger partial charge in [0.1, 0.15) is 6.10 Å². The molecule has 0 unspecified atom stereocenters. The third kappa shape index (κ3) is 10.4. The summed E-state index contributed by atoms with van der Waals surface area (Å²) in [6, 6.07) is 5.31. The molecule has 0 radical (unpaired) electrons. The number of thioether (sulfide) groups is 1. The fourth-order valence-electron chi connectivity index (χ4n) is 5.71. The maximum Gasteiger partial charge on any atom is 0.446 e. The highest BCUT2D eigenvalue weighted by molar-refractivity contribution is 8.00. The molecule has 2 aromatic carbocycles. The van der Waals surface area contributed by atoms with Gasteiger partial charge in [-0.05, 0) is 103 Å². The van der Waals surface area contributed by atoms with Gasteiger partial charge in [-0.1, -0.05) is 5.10 Å². The van der Waals surface area contributed by atoms with Crippen molar-refractivity contribution in [1.82, 2.24) is 20.2 Å². The number of alkyl halides is 9. The van der Waals surface area contributed by atoms with E-state index in [1.807, 2.05) is 11.8 Å². The van der Waals surface area contributed by atoms with E-state index in [0.717, 1.165) is 17.6 Å². The molecule has 18 heteroatoms. The van der Waals surface area contributed by atoms with Gasteiger partial charge in [-0.15, -0.1) is 5.10 Å². The summed E-state index contributed by atoms with van der Waals surface area (Å²) in [5, 5.41) is 11.7. The number of aryl methyl sites for hydroxylation is 1. The number of carbonyl (C=O) groups is 1. The number of hydrogen-bond acceptors (Lipinski definition) is 8. The lowest BCUT2D eigenvalue weighted by molar-refractivity contribution is -0.148. The zero-order valence-corrected chi connectivity index (χ0v) is 26.9. The second-order valence-corrected chi connectivity index (χ2v) is 12.6. The van der Waals surface area contributed by atoms with E-state index in [2.05, 4.69) is 15.4 Å². The van der Waals surface area contributed by atoms with Gasteiger partial charge in [0, 0.05) is 43.7 Å². The number of hydrogen-bond donors (Lipinski definition) is 0. The van der Waals surface area contributed by atoms with E-state index in [1.165, 1.54) is 37.1 Å². The number of rotatable bonds is 11. The van der Waals surface area contributed by atoms with Crippen LogP contribution in [-0.2, 0) is 42.0 Å². The Morgan fingerprint density at radius 1 is 0.917 bits per heavy atom. The highest BCUT2D eigenvalue weighted by Gasteiger charge is 2.37. The smallest absolute Gasteiger partial charge is 0.446 e. The minimum atomic E-state index is -5.08. The van der Waals surface area contributed by atoms with Gasteiger partial charge >= 0.3 is 23.8 Å². The lowest BCUT2D eigenvalue weighted by Gasteiger charge is -2.34. The van der Waals surface area contributed by atoms with E-state index in [4.69, 9.17) is 4.74 Å². The molecule has 1 aromatic heterocycles. The molecule has 0 saturated heterocycles. The zero-order valence-electron chi connectivity index (χ0n) is 26.1. The van der Waals surface area contributed by atoms with Crippen LogP contribution in [0.3, 0.4) is 0 Å². The lowest BCUT2D eigenvalue weighted by atomic mass is 9.86. The van der Waals surface area contributed by atoms with Gasteiger partial charge in [-0.2, -0.15) is 44.3 Å². The van der Waals surface area contributed by atoms with Crippen LogP contribution in [0.15, 0.2) is 41.3 Å². The zero-order chi connectivity index (χ0) is 35.4. The van der Waals surface area contributed by atoms with Gasteiger partial charge in [0.15, 0.2) is 0 Å². The van der Waals surface area contributed by atoms with Crippen molar-refractivity contribution in [2.75, 3.05) is 22.9 Å². The van der Waals surface area contributed by atoms with Gasteiger partial charge < -0.3 is 14.5 Å². The van der Waals surface area contributed by atoms with Gasteiger partial charge in [-0.25, -0.2) is 0 Å². The van der Waals surface area contributed by atoms with Crippen molar-refractivity contribution >= 4 is 29.4 Å². The summed E-state index contributed by atoms with van der Waals surface area (Å²) in [7, 11) is 1.40. The standard InChI is InChI=1S/C30H33F9N6O2S/c1-4-44(15-19-5-7-24(8-6-19)47-18(2)46)26-10-9-25(48-30(37,38)39)13-21(26)17-45(27-40-42-43(3)41-27)16-20-11-22(28(31,32)33)14-23(12-20)29(34,35)36/h9-14,19,24H,4-8,15-17H2,1-3H3. The van der Waals surface area contributed by atoms with E-state index in [1.54, 1.807) is 0 Å². The van der Waals surface area contributed by atoms with Crippen LogP contribution in [0.5, 0.6) is 0 Å². The Morgan fingerprint density at radius 3 is 2.04 bits per heavy atom. The first-order valence-corrected chi connectivity index (χ1v) is 15.7. The Kier molecular flexibility index (Phi) is 11.5. The summed E-state index contributed by atoms with van der Waals surface area (Å²) in [5.74, 6) is -0.357. The summed E-state index contributed by atoms with van der Waals surface area (Å²) in [6.45, 7) is 3.31. The summed E-state index contributed by atoms with van der Waals surface area (Å²) in [6.07, 6.45) is -7.58. The topological polar surface area (TPSA) is 76.4 Å². The highest BCUT2D eigenvalue weighted by Crippen LogP contribution is 2.40. The normalized spacial score (nSPS) is 17.3. The maximum absolute atomic E-state index is 13.6.